The highest BCUT2D eigenvalue weighted by molar-refractivity contribution is 9.10. The summed E-state index contributed by atoms with van der Waals surface area (Å²) in [6, 6.07) is 10.8. The van der Waals surface area contributed by atoms with E-state index in [1.807, 2.05) is 18.2 Å². The van der Waals surface area contributed by atoms with Crippen molar-refractivity contribution < 1.29 is 19.1 Å². The molecule has 2 N–H and O–H groups in total. The van der Waals surface area contributed by atoms with E-state index in [-0.39, 0.29) is 31.1 Å². The summed E-state index contributed by atoms with van der Waals surface area (Å²) in [6.07, 6.45) is 1.99. The summed E-state index contributed by atoms with van der Waals surface area (Å²) in [6.45, 7) is 0.561. The van der Waals surface area contributed by atoms with Gasteiger partial charge in [0.1, 0.15) is 24.2 Å². The molecule has 1 aromatic heterocycles. The second-order valence-corrected chi connectivity index (χ2v) is 8.20. The molecule has 0 bridgehead atoms. The summed E-state index contributed by atoms with van der Waals surface area (Å²) in [5.74, 6) is 0.826. The number of hydrogen-bond donors (Lipinski definition) is 2. The third-order valence-corrected chi connectivity index (χ3v) is 5.68. The molecule has 1 fully saturated rings. The minimum atomic E-state index is -0.294. The Morgan fingerprint density at radius 3 is 3.03 bits per heavy atom. The molecule has 9 heteroatoms. The molecule has 0 saturated carbocycles. The molecule has 2 amide bonds. The molecule has 1 unspecified atom stereocenters. The molecular weight excluding hydrogens is 452 g/mol. The first-order chi connectivity index (χ1) is 14.6. The fraction of sp³-hybridized carbons (Fsp3) is 0.286. The third kappa shape index (κ3) is 3.66. The van der Waals surface area contributed by atoms with Gasteiger partial charge in [-0.2, -0.15) is 0 Å². The molecule has 3 aromatic rings. The van der Waals surface area contributed by atoms with Crippen LogP contribution in [0.5, 0.6) is 5.75 Å². The van der Waals surface area contributed by atoms with E-state index in [1.165, 1.54) is 4.90 Å². The maximum atomic E-state index is 12.7. The highest BCUT2D eigenvalue weighted by Gasteiger charge is 2.27. The third-order valence-electron chi connectivity index (χ3n) is 5.19. The van der Waals surface area contributed by atoms with Gasteiger partial charge in [-0.3, -0.25) is 14.5 Å². The quantitative estimate of drug-likeness (QED) is 0.607. The van der Waals surface area contributed by atoms with Crippen molar-refractivity contribution in [2.75, 3.05) is 30.0 Å². The van der Waals surface area contributed by atoms with Crippen LogP contribution in [0.2, 0.25) is 0 Å². The Hall–Kier alpha value is -2.91. The molecule has 3 heterocycles. The Kier molecular flexibility index (Phi) is 4.92. The average Bonchev–Trinajstić information content (AvgIpc) is 3.39. The van der Waals surface area contributed by atoms with E-state index >= 15 is 0 Å². The van der Waals surface area contributed by atoms with Crippen LogP contribution in [0, 0.1) is 0 Å². The number of fused-ring (bicyclic) bond motifs is 2. The van der Waals surface area contributed by atoms with Gasteiger partial charge in [-0.15, -0.1) is 0 Å². The first-order valence-corrected chi connectivity index (χ1v) is 10.5. The van der Waals surface area contributed by atoms with Gasteiger partial charge < -0.3 is 19.8 Å². The lowest BCUT2D eigenvalue weighted by atomic mass is 10.2. The van der Waals surface area contributed by atoms with Crippen LogP contribution in [-0.4, -0.2) is 41.5 Å². The van der Waals surface area contributed by atoms with Gasteiger partial charge in [0.2, 0.25) is 5.91 Å². The molecule has 1 saturated heterocycles. The summed E-state index contributed by atoms with van der Waals surface area (Å²) >= 11 is 3.38. The van der Waals surface area contributed by atoms with Crippen molar-refractivity contribution in [3.05, 3.63) is 46.7 Å². The number of carbonyl (C=O) groups is 2. The van der Waals surface area contributed by atoms with Crippen LogP contribution in [-0.2, 0) is 14.3 Å². The number of ether oxygens (including phenoxy) is 2. The summed E-state index contributed by atoms with van der Waals surface area (Å²) in [5, 5.41) is 2.86. The molecule has 0 spiro atoms. The number of benzene rings is 2. The molecule has 154 valence electrons. The van der Waals surface area contributed by atoms with E-state index in [0.29, 0.717) is 17.1 Å². The van der Waals surface area contributed by atoms with Crippen molar-refractivity contribution in [2.45, 2.75) is 18.9 Å². The van der Waals surface area contributed by atoms with Crippen molar-refractivity contribution in [3.8, 4) is 5.75 Å². The largest absolute Gasteiger partial charge is 0.482 e. The number of anilines is 2. The van der Waals surface area contributed by atoms with Gasteiger partial charge in [-0.05, 0) is 49.2 Å². The zero-order chi connectivity index (χ0) is 20.7. The molecular formula is C21H19BrN4O4. The number of rotatable bonds is 4. The lowest BCUT2D eigenvalue weighted by Gasteiger charge is -2.29. The number of nitrogens with one attached hydrogen (secondary N) is 2. The molecule has 2 aromatic carbocycles. The van der Waals surface area contributed by atoms with Crippen LogP contribution in [0.25, 0.3) is 11.0 Å². The van der Waals surface area contributed by atoms with Gasteiger partial charge in [-0.25, -0.2) is 4.98 Å². The lowest BCUT2D eigenvalue weighted by Crippen LogP contribution is -2.43. The van der Waals surface area contributed by atoms with Gasteiger partial charge in [0.25, 0.3) is 5.91 Å². The number of carbonyl (C=O) groups excluding carboxylic acids is 2. The van der Waals surface area contributed by atoms with Crippen LogP contribution in [0.15, 0.2) is 40.9 Å². The molecule has 0 radical (unpaired) electrons. The Labute approximate surface area is 180 Å². The molecule has 0 aliphatic carbocycles. The topological polar surface area (TPSA) is 96.6 Å². The number of H-pyrrole nitrogens is 1. The van der Waals surface area contributed by atoms with Crippen molar-refractivity contribution in [3.63, 3.8) is 0 Å². The number of aromatic nitrogens is 2. The Bertz CT molecular complexity index is 1140. The predicted molar refractivity (Wildman–Crippen MR) is 115 cm³/mol. The second-order valence-electron chi connectivity index (χ2n) is 7.28. The van der Waals surface area contributed by atoms with Crippen molar-refractivity contribution in [2.24, 2.45) is 0 Å². The summed E-state index contributed by atoms with van der Waals surface area (Å²) < 4.78 is 12.0. The molecule has 5 rings (SSSR count). The van der Waals surface area contributed by atoms with Crippen LogP contribution in [0.3, 0.4) is 0 Å². The fourth-order valence-corrected chi connectivity index (χ4v) is 4.09. The summed E-state index contributed by atoms with van der Waals surface area (Å²) in [7, 11) is 0. The Morgan fingerprint density at radius 1 is 1.30 bits per heavy atom. The van der Waals surface area contributed by atoms with E-state index in [1.54, 1.807) is 18.2 Å². The number of aromatic amines is 1. The van der Waals surface area contributed by atoms with Gasteiger partial charge in [-0.1, -0.05) is 15.9 Å². The van der Waals surface area contributed by atoms with Gasteiger partial charge >= 0.3 is 0 Å². The summed E-state index contributed by atoms with van der Waals surface area (Å²) in [4.78, 5) is 34.3. The molecule has 2 aliphatic heterocycles. The standard InChI is InChI=1S/C21H19BrN4O4/c22-12-3-6-16-18(8-12)30-11-20(28)26(16)10-19(27)23-13-4-5-14-15(9-13)25-21(24-14)17-2-1-7-29-17/h3-6,8-9,17H,1-2,7,10-11H2,(H,23,27)(H,24,25). The van der Waals surface area contributed by atoms with Crippen molar-refractivity contribution >= 4 is 50.2 Å². The fourth-order valence-electron chi connectivity index (χ4n) is 3.75. The molecule has 1 atom stereocenters. The predicted octanol–water partition coefficient (Wildman–Crippen LogP) is 3.54. The molecule has 30 heavy (non-hydrogen) atoms. The SMILES string of the molecule is O=C(CN1C(=O)COc2cc(Br)ccc21)Nc1ccc2nc(C3CCCO3)[nH]c2c1. The summed E-state index contributed by atoms with van der Waals surface area (Å²) in [5.41, 5.74) is 2.86. The molecule has 8 nitrogen and oxygen atoms in total. The van der Waals surface area contributed by atoms with Crippen LogP contribution < -0.4 is 15.0 Å². The second kappa shape index (κ2) is 7.73. The van der Waals surface area contributed by atoms with Crippen LogP contribution in [0.4, 0.5) is 11.4 Å². The monoisotopic (exact) mass is 470 g/mol. The smallest absolute Gasteiger partial charge is 0.265 e. The van der Waals surface area contributed by atoms with E-state index in [0.717, 1.165) is 40.8 Å². The first kappa shape index (κ1) is 19.1. The normalized spacial score (nSPS) is 18.4. The van der Waals surface area contributed by atoms with E-state index in [9.17, 15) is 9.59 Å². The van der Waals surface area contributed by atoms with E-state index < -0.39 is 0 Å². The maximum Gasteiger partial charge on any atom is 0.265 e. The zero-order valence-corrected chi connectivity index (χ0v) is 17.6. The molecule has 2 aliphatic rings. The Morgan fingerprint density at radius 2 is 2.20 bits per heavy atom. The average molecular weight is 471 g/mol. The zero-order valence-electron chi connectivity index (χ0n) is 16.0. The first-order valence-electron chi connectivity index (χ1n) is 9.71. The van der Waals surface area contributed by atoms with Crippen LogP contribution >= 0.6 is 15.9 Å². The number of amides is 2. The van der Waals surface area contributed by atoms with Crippen molar-refractivity contribution in [1.29, 1.82) is 0 Å². The van der Waals surface area contributed by atoms with E-state index in [4.69, 9.17) is 9.47 Å². The minimum absolute atomic E-state index is 0.00267. The van der Waals surface area contributed by atoms with Crippen LogP contribution in [0.1, 0.15) is 24.8 Å². The number of imidazole rings is 1. The van der Waals surface area contributed by atoms with Gasteiger partial charge in [0.05, 0.1) is 16.7 Å². The van der Waals surface area contributed by atoms with E-state index in [2.05, 4.69) is 31.2 Å². The number of halogens is 1. The number of nitrogens with zero attached hydrogens (tertiary/aromatic N) is 2. The number of hydrogen-bond acceptors (Lipinski definition) is 5. The minimum Gasteiger partial charge on any atom is -0.482 e. The Balaban J connectivity index is 1.32. The highest BCUT2D eigenvalue weighted by atomic mass is 79.9. The lowest BCUT2D eigenvalue weighted by molar-refractivity contribution is -0.123. The van der Waals surface area contributed by atoms with Gasteiger partial charge in [0, 0.05) is 16.8 Å². The highest BCUT2D eigenvalue weighted by Crippen LogP contribution is 2.34. The van der Waals surface area contributed by atoms with Crippen molar-refractivity contribution in [1.82, 2.24) is 9.97 Å². The maximum absolute atomic E-state index is 12.7. The van der Waals surface area contributed by atoms with Gasteiger partial charge in [0.15, 0.2) is 6.61 Å².